The number of rotatable bonds is 7. The number of hydrogen-bond acceptors (Lipinski definition) is 5. The number of hydrogen-bond donors (Lipinski definition) is 0. The molecule has 0 saturated heterocycles. The van der Waals surface area contributed by atoms with Gasteiger partial charge in [-0.3, -0.25) is 0 Å². The number of nitrogens with zero attached hydrogens (tertiary/aromatic N) is 1. The van der Waals surface area contributed by atoms with E-state index in [0.717, 1.165) is 0 Å². The molecule has 0 amide bonds. The van der Waals surface area contributed by atoms with Crippen LogP contribution in [0.25, 0.3) is 0 Å². The molecule has 1 rings (SSSR count). The van der Waals surface area contributed by atoms with Crippen molar-refractivity contribution in [2.75, 3.05) is 13.7 Å². The Morgan fingerprint density at radius 3 is 2.53 bits per heavy atom. The van der Waals surface area contributed by atoms with E-state index in [0.29, 0.717) is 17.9 Å². The zero-order valence-corrected chi connectivity index (χ0v) is 9.79. The smallest absolute Gasteiger partial charge is 0.294 e. The van der Waals surface area contributed by atoms with Crippen LogP contribution >= 0.6 is 0 Å². The SMILES string of the molecule is CCC(COc1ccccc1OC)O[N+](=O)[O-]. The summed E-state index contributed by atoms with van der Waals surface area (Å²) in [6.45, 7) is 1.90. The molecule has 0 fully saturated rings. The number of ether oxygens (including phenoxy) is 2. The minimum atomic E-state index is -0.806. The quantitative estimate of drug-likeness (QED) is 0.539. The van der Waals surface area contributed by atoms with Gasteiger partial charge in [0.25, 0.3) is 5.09 Å². The Balaban J connectivity index is 2.56. The van der Waals surface area contributed by atoms with Crippen LogP contribution in [0.5, 0.6) is 11.5 Å². The fourth-order valence-electron chi connectivity index (χ4n) is 1.27. The summed E-state index contributed by atoms with van der Waals surface area (Å²) in [6, 6.07) is 7.10. The van der Waals surface area contributed by atoms with E-state index in [1.54, 1.807) is 25.1 Å². The van der Waals surface area contributed by atoms with Crippen molar-refractivity contribution in [2.45, 2.75) is 19.4 Å². The van der Waals surface area contributed by atoms with Gasteiger partial charge in [-0.15, -0.1) is 10.1 Å². The first-order valence-electron chi connectivity index (χ1n) is 5.24. The summed E-state index contributed by atoms with van der Waals surface area (Å²) in [5.41, 5.74) is 0. The first-order chi connectivity index (χ1) is 8.17. The highest BCUT2D eigenvalue weighted by Gasteiger charge is 2.13. The zero-order chi connectivity index (χ0) is 12.7. The van der Waals surface area contributed by atoms with Crippen LogP contribution < -0.4 is 9.47 Å². The maximum Gasteiger partial charge on any atom is 0.294 e. The molecule has 0 aromatic heterocycles. The lowest BCUT2D eigenvalue weighted by Crippen LogP contribution is -2.23. The van der Waals surface area contributed by atoms with E-state index in [-0.39, 0.29) is 6.61 Å². The molecular weight excluding hydrogens is 226 g/mol. The summed E-state index contributed by atoms with van der Waals surface area (Å²) in [6.07, 6.45) is -0.0780. The van der Waals surface area contributed by atoms with Gasteiger partial charge in [0.2, 0.25) is 0 Å². The minimum absolute atomic E-state index is 0.109. The first-order valence-corrected chi connectivity index (χ1v) is 5.24. The summed E-state index contributed by atoms with van der Waals surface area (Å²) in [7, 11) is 1.53. The van der Waals surface area contributed by atoms with E-state index in [4.69, 9.17) is 9.47 Å². The van der Waals surface area contributed by atoms with E-state index in [1.807, 2.05) is 6.07 Å². The van der Waals surface area contributed by atoms with Gasteiger partial charge >= 0.3 is 0 Å². The summed E-state index contributed by atoms with van der Waals surface area (Å²) in [5, 5.41) is 9.40. The molecule has 0 aliphatic heterocycles. The van der Waals surface area contributed by atoms with Crippen molar-refractivity contribution in [1.82, 2.24) is 0 Å². The highest BCUT2D eigenvalue weighted by atomic mass is 17.0. The van der Waals surface area contributed by atoms with Crippen LogP contribution in [0.3, 0.4) is 0 Å². The topological polar surface area (TPSA) is 70.8 Å². The van der Waals surface area contributed by atoms with Crippen LogP contribution in [0.2, 0.25) is 0 Å². The molecule has 1 atom stereocenters. The van der Waals surface area contributed by atoms with Crippen LogP contribution in [0.4, 0.5) is 0 Å². The molecule has 0 spiro atoms. The van der Waals surface area contributed by atoms with Gasteiger partial charge in [-0.25, -0.2) is 0 Å². The lowest BCUT2D eigenvalue weighted by Gasteiger charge is -2.15. The Bertz CT molecular complexity index is 369. The third-order valence-corrected chi connectivity index (χ3v) is 2.18. The molecule has 17 heavy (non-hydrogen) atoms. The Morgan fingerprint density at radius 1 is 1.35 bits per heavy atom. The van der Waals surface area contributed by atoms with Crippen molar-refractivity contribution in [3.8, 4) is 11.5 Å². The second-order valence-electron chi connectivity index (χ2n) is 3.32. The highest BCUT2D eigenvalue weighted by Crippen LogP contribution is 2.26. The van der Waals surface area contributed by atoms with Gasteiger partial charge < -0.3 is 14.3 Å². The number of methoxy groups -OCH3 is 1. The number of benzene rings is 1. The number of para-hydroxylation sites is 2. The molecule has 0 aliphatic carbocycles. The van der Waals surface area contributed by atoms with Gasteiger partial charge in [-0.2, -0.15) is 0 Å². The molecule has 0 N–H and O–H groups in total. The molecule has 6 nitrogen and oxygen atoms in total. The lowest BCUT2D eigenvalue weighted by molar-refractivity contribution is -0.768. The predicted octanol–water partition coefficient (Wildman–Crippen LogP) is 2.06. The van der Waals surface area contributed by atoms with Crippen molar-refractivity contribution >= 4 is 0 Å². The maximum atomic E-state index is 10.2. The fraction of sp³-hybridized carbons (Fsp3) is 0.455. The van der Waals surface area contributed by atoms with Crippen LogP contribution in [-0.4, -0.2) is 24.9 Å². The fourth-order valence-corrected chi connectivity index (χ4v) is 1.27. The van der Waals surface area contributed by atoms with Gasteiger partial charge in [-0.05, 0) is 18.6 Å². The highest BCUT2D eigenvalue weighted by molar-refractivity contribution is 5.39. The van der Waals surface area contributed by atoms with Crippen molar-refractivity contribution in [2.24, 2.45) is 0 Å². The molecule has 0 radical (unpaired) electrons. The van der Waals surface area contributed by atoms with Crippen molar-refractivity contribution in [3.05, 3.63) is 34.4 Å². The van der Waals surface area contributed by atoms with Crippen LogP contribution in [0.1, 0.15) is 13.3 Å². The standard InChI is InChI=1S/C11H15NO5/c1-3-9(17-12(13)14)8-16-11-7-5-4-6-10(11)15-2/h4-7,9H,3,8H2,1-2H3. The normalized spacial score (nSPS) is 11.6. The summed E-state index contributed by atoms with van der Waals surface area (Å²) >= 11 is 0. The Hall–Kier alpha value is -1.98. The summed E-state index contributed by atoms with van der Waals surface area (Å²) in [5.74, 6) is 1.13. The Kier molecular flexibility index (Phi) is 5.06. The molecule has 6 heteroatoms. The van der Waals surface area contributed by atoms with Gasteiger partial charge in [0, 0.05) is 0 Å². The molecular formula is C11H15NO5. The third-order valence-electron chi connectivity index (χ3n) is 2.18. The molecule has 0 aliphatic rings. The first kappa shape index (κ1) is 13.1. The van der Waals surface area contributed by atoms with E-state index in [1.165, 1.54) is 7.11 Å². The second kappa shape index (κ2) is 6.57. The summed E-state index contributed by atoms with van der Waals surface area (Å²) in [4.78, 5) is 14.7. The van der Waals surface area contributed by atoms with E-state index in [2.05, 4.69) is 4.84 Å². The molecule has 0 bridgehead atoms. The molecule has 0 saturated carbocycles. The molecule has 1 aromatic rings. The maximum absolute atomic E-state index is 10.2. The van der Waals surface area contributed by atoms with Crippen molar-refractivity contribution in [3.63, 3.8) is 0 Å². The largest absolute Gasteiger partial charge is 0.493 e. The van der Waals surface area contributed by atoms with Crippen LogP contribution in [-0.2, 0) is 4.84 Å². The van der Waals surface area contributed by atoms with E-state index in [9.17, 15) is 10.1 Å². The van der Waals surface area contributed by atoms with Crippen molar-refractivity contribution in [1.29, 1.82) is 0 Å². The molecule has 1 aromatic carbocycles. The van der Waals surface area contributed by atoms with Gasteiger partial charge in [0.05, 0.1) is 7.11 Å². The molecule has 1 unspecified atom stereocenters. The third kappa shape index (κ3) is 4.18. The Morgan fingerprint density at radius 2 is 2.00 bits per heavy atom. The van der Waals surface area contributed by atoms with Gasteiger partial charge in [0.15, 0.2) is 11.5 Å². The monoisotopic (exact) mass is 241 g/mol. The van der Waals surface area contributed by atoms with E-state index < -0.39 is 11.2 Å². The molecule has 0 heterocycles. The Labute approximate surface area is 99.2 Å². The molecule has 94 valence electrons. The van der Waals surface area contributed by atoms with Crippen LogP contribution in [0, 0.1) is 10.1 Å². The zero-order valence-electron chi connectivity index (χ0n) is 9.79. The minimum Gasteiger partial charge on any atom is -0.493 e. The predicted molar refractivity (Wildman–Crippen MR) is 60.6 cm³/mol. The van der Waals surface area contributed by atoms with E-state index >= 15 is 0 Å². The van der Waals surface area contributed by atoms with Gasteiger partial charge in [0.1, 0.15) is 12.7 Å². The summed E-state index contributed by atoms with van der Waals surface area (Å²) < 4.78 is 10.5. The average molecular weight is 241 g/mol. The van der Waals surface area contributed by atoms with Gasteiger partial charge in [-0.1, -0.05) is 19.1 Å². The van der Waals surface area contributed by atoms with Crippen molar-refractivity contribution < 1.29 is 19.4 Å². The van der Waals surface area contributed by atoms with Crippen LogP contribution in [0.15, 0.2) is 24.3 Å². The lowest BCUT2D eigenvalue weighted by atomic mass is 10.3. The average Bonchev–Trinajstić information content (AvgIpc) is 2.34. The second-order valence-corrected chi connectivity index (χ2v) is 3.32.